The third kappa shape index (κ3) is 7.34. The fourth-order valence-electron chi connectivity index (χ4n) is 4.46. The molecule has 43 heavy (non-hydrogen) atoms. The van der Waals surface area contributed by atoms with Crippen molar-refractivity contribution >= 4 is 29.4 Å². The highest BCUT2D eigenvalue weighted by Crippen LogP contribution is 2.36. The van der Waals surface area contributed by atoms with Gasteiger partial charge in [0.15, 0.2) is 22.9 Å². The Balaban J connectivity index is 1.81. The molecule has 1 aromatic heterocycles. The van der Waals surface area contributed by atoms with Crippen molar-refractivity contribution in [1.82, 2.24) is 4.57 Å². The molecule has 0 radical (unpaired) electrons. The zero-order valence-electron chi connectivity index (χ0n) is 25.2. The van der Waals surface area contributed by atoms with Gasteiger partial charge in [-0.15, -0.1) is 0 Å². The van der Waals surface area contributed by atoms with Gasteiger partial charge in [-0.1, -0.05) is 43.4 Å². The summed E-state index contributed by atoms with van der Waals surface area (Å²) >= 11 is 1.24. The molecule has 0 bridgehead atoms. The van der Waals surface area contributed by atoms with Crippen LogP contribution in [-0.4, -0.2) is 50.0 Å². The van der Waals surface area contributed by atoms with Crippen molar-refractivity contribution in [2.45, 2.75) is 40.7 Å². The number of nitrogens with zero attached hydrogens (tertiary/aromatic N) is 2. The van der Waals surface area contributed by atoms with Gasteiger partial charge in [-0.25, -0.2) is 14.6 Å². The highest BCUT2D eigenvalue weighted by Gasteiger charge is 2.34. The van der Waals surface area contributed by atoms with E-state index in [4.69, 9.17) is 18.9 Å². The van der Waals surface area contributed by atoms with E-state index >= 15 is 0 Å². The molecule has 11 heteroatoms. The lowest BCUT2D eigenvalue weighted by Gasteiger charge is -2.25. The van der Waals surface area contributed by atoms with Crippen LogP contribution in [0.1, 0.15) is 51.8 Å². The zero-order chi connectivity index (χ0) is 31.1. The van der Waals surface area contributed by atoms with Crippen LogP contribution in [0.2, 0.25) is 0 Å². The molecule has 0 N–H and O–H groups in total. The van der Waals surface area contributed by atoms with Crippen LogP contribution in [-0.2, 0) is 19.1 Å². The fourth-order valence-corrected chi connectivity index (χ4v) is 5.51. The molecule has 4 rings (SSSR count). The lowest BCUT2D eigenvalue weighted by molar-refractivity contribution is -0.143. The summed E-state index contributed by atoms with van der Waals surface area (Å²) in [7, 11) is 1.28. The van der Waals surface area contributed by atoms with Crippen molar-refractivity contribution in [2.75, 3.05) is 33.5 Å². The summed E-state index contributed by atoms with van der Waals surface area (Å²) < 4.78 is 29.2. The minimum Gasteiger partial charge on any atom is -0.493 e. The molecule has 0 fully saturated rings. The van der Waals surface area contributed by atoms with Gasteiger partial charge in [0.1, 0.15) is 5.75 Å². The van der Waals surface area contributed by atoms with Crippen molar-refractivity contribution in [3.8, 4) is 17.2 Å². The van der Waals surface area contributed by atoms with Crippen molar-refractivity contribution in [3.05, 3.63) is 84.5 Å². The largest absolute Gasteiger partial charge is 0.493 e. The predicted octanol–water partition coefficient (Wildman–Crippen LogP) is 3.78. The summed E-state index contributed by atoms with van der Waals surface area (Å²) in [5.41, 5.74) is 1.81. The van der Waals surface area contributed by atoms with Crippen LogP contribution in [0.15, 0.2) is 63.5 Å². The van der Waals surface area contributed by atoms with E-state index < -0.39 is 18.0 Å². The second-order valence-electron chi connectivity index (χ2n) is 10.1. The molecule has 0 aliphatic carbocycles. The monoisotopic (exact) mass is 608 g/mol. The third-order valence-electron chi connectivity index (χ3n) is 6.43. The molecule has 0 amide bonds. The van der Waals surface area contributed by atoms with E-state index in [0.717, 1.165) is 11.3 Å². The number of methoxy groups -OCH3 is 1. The number of hydrogen-bond acceptors (Lipinski definition) is 10. The molecular formula is C32H36N2O8S. The summed E-state index contributed by atoms with van der Waals surface area (Å²) in [4.78, 5) is 43.9. The van der Waals surface area contributed by atoms with Gasteiger partial charge in [-0.3, -0.25) is 9.36 Å². The molecule has 0 spiro atoms. The van der Waals surface area contributed by atoms with Crippen molar-refractivity contribution in [3.63, 3.8) is 0 Å². The standard InChI is InChI=1S/C32H36N2O8S/c1-7-39-25-16-22(11-14-24(25)42-18-27(35)38-6)29-28(31(37)40-8-2)20(5)33-32-34(29)30(36)26(43-32)15-21-9-12-23(13-10-21)41-17-19(3)4/h9-16,19,29H,7-8,17-18H2,1-6H3/b26-15-/t29-/m1/s1. The second-order valence-corrected chi connectivity index (χ2v) is 11.1. The molecular weight excluding hydrogens is 572 g/mol. The molecule has 0 saturated heterocycles. The number of thiazole rings is 1. The molecule has 2 heterocycles. The first-order valence-electron chi connectivity index (χ1n) is 14.1. The van der Waals surface area contributed by atoms with Crippen LogP contribution in [0.25, 0.3) is 6.08 Å². The van der Waals surface area contributed by atoms with Gasteiger partial charge in [0.05, 0.1) is 48.8 Å². The van der Waals surface area contributed by atoms with Crippen molar-refractivity contribution in [2.24, 2.45) is 10.9 Å². The summed E-state index contributed by atoms with van der Waals surface area (Å²) in [5.74, 6) is 0.728. The van der Waals surface area contributed by atoms with Crippen LogP contribution in [0.3, 0.4) is 0 Å². The SMILES string of the molecule is CCOC(=O)C1=C(C)N=c2s/c(=C\c3ccc(OCC(C)C)cc3)c(=O)n2[C@@H]1c1ccc(OCC(=O)OC)c(OCC)c1. The van der Waals surface area contributed by atoms with E-state index in [1.807, 2.05) is 31.2 Å². The molecule has 1 aliphatic heterocycles. The van der Waals surface area contributed by atoms with E-state index in [1.165, 1.54) is 23.0 Å². The number of fused-ring (bicyclic) bond motifs is 1. The summed E-state index contributed by atoms with van der Waals surface area (Å²) in [6, 6.07) is 11.8. The van der Waals surface area contributed by atoms with Gasteiger partial charge in [0.25, 0.3) is 5.56 Å². The van der Waals surface area contributed by atoms with Gasteiger partial charge in [-0.2, -0.15) is 0 Å². The molecule has 2 aromatic carbocycles. The van der Waals surface area contributed by atoms with Crippen LogP contribution < -0.4 is 29.1 Å². The Morgan fingerprint density at radius 1 is 1.02 bits per heavy atom. The summed E-state index contributed by atoms with van der Waals surface area (Å²) in [6.07, 6.45) is 1.80. The van der Waals surface area contributed by atoms with Crippen molar-refractivity contribution in [1.29, 1.82) is 0 Å². The minimum absolute atomic E-state index is 0.161. The topological polar surface area (TPSA) is 115 Å². The number of aromatic nitrogens is 1. The van der Waals surface area contributed by atoms with E-state index in [-0.39, 0.29) is 24.3 Å². The number of hydrogen-bond donors (Lipinski definition) is 0. The quantitative estimate of drug-likeness (QED) is 0.286. The van der Waals surface area contributed by atoms with Gasteiger partial charge in [-0.05, 0) is 68.2 Å². The van der Waals surface area contributed by atoms with Crippen LogP contribution in [0, 0.1) is 5.92 Å². The Bertz CT molecular complexity index is 1690. The van der Waals surface area contributed by atoms with Gasteiger partial charge >= 0.3 is 11.9 Å². The normalized spacial score (nSPS) is 14.7. The predicted molar refractivity (Wildman–Crippen MR) is 162 cm³/mol. The first kappa shape index (κ1) is 31.6. The van der Waals surface area contributed by atoms with Crippen LogP contribution >= 0.6 is 11.3 Å². The average Bonchev–Trinajstić information content (AvgIpc) is 3.29. The molecule has 0 unspecified atom stereocenters. The first-order valence-corrected chi connectivity index (χ1v) is 14.9. The maximum absolute atomic E-state index is 13.9. The maximum atomic E-state index is 13.9. The number of ether oxygens (including phenoxy) is 5. The molecule has 10 nitrogen and oxygen atoms in total. The zero-order valence-corrected chi connectivity index (χ0v) is 26.0. The number of allylic oxidation sites excluding steroid dienone is 1. The Labute approximate surface area is 253 Å². The van der Waals surface area contributed by atoms with E-state index in [1.54, 1.807) is 38.1 Å². The average molecular weight is 609 g/mol. The smallest absolute Gasteiger partial charge is 0.343 e. The fraction of sp³-hybridized carbons (Fsp3) is 0.375. The van der Waals surface area contributed by atoms with Crippen LogP contribution in [0.5, 0.6) is 17.2 Å². The first-order chi connectivity index (χ1) is 20.7. The minimum atomic E-state index is -0.835. The second kappa shape index (κ2) is 14.2. The number of carbonyl (C=O) groups excluding carboxylic acids is 2. The highest BCUT2D eigenvalue weighted by atomic mass is 32.1. The molecule has 1 aliphatic rings. The lowest BCUT2D eigenvalue weighted by Crippen LogP contribution is -2.40. The van der Waals surface area contributed by atoms with E-state index in [0.29, 0.717) is 51.2 Å². The molecule has 1 atom stereocenters. The van der Waals surface area contributed by atoms with E-state index in [9.17, 15) is 14.4 Å². The number of rotatable bonds is 12. The Kier molecular flexibility index (Phi) is 10.4. The van der Waals surface area contributed by atoms with Gasteiger partial charge in [0, 0.05) is 0 Å². The van der Waals surface area contributed by atoms with Crippen LogP contribution in [0.4, 0.5) is 0 Å². The Morgan fingerprint density at radius 3 is 2.42 bits per heavy atom. The number of esters is 2. The Hall–Kier alpha value is -4.38. The lowest BCUT2D eigenvalue weighted by atomic mass is 9.95. The van der Waals surface area contributed by atoms with Crippen molar-refractivity contribution < 1.29 is 33.3 Å². The maximum Gasteiger partial charge on any atom is 0.343 e. The molecule has 228 valence electrons. The molecule has 3 aromatic rings. The Morgan fingerprint density at radius 2 is 1.77 bits per heavy atom. The number of carbonyl (C=O) groups is 2. The van der Waals surface area contributed by atoms with E-state index in [2.05, 4.69) is 23.6 Å². The summed E-state index contributed by atoms with van der Waals surface area (Å²) in [6.45, 7) is 10.2. The number of benzene rings is 2. The highest BCUT2D eigenvalue weighted by molar-refractivity contribution is 7.07. The summed E-state index contributed by atoms with van der Waals surface area (Å²) in [5, 5.41) is 0. The van der Waals surface area contributed by atoms with Gasteiger partial charge < -0.3 is 23.7 Å². The molecule has 0 saturated carbocycles. The van der Waals surface area contributed by atoms with Gasteiger partial charge in [0.2, 0.25) is 0 Å². The third-order valence-corrected chi connectivity index (χ3v) is 7.42.